The first-order valence-corrected chi connectivity index (χ1v) is 12.3. The molecule has 0 aliphatic carbocycles. The van der Waals surface area contributed by atoms with Gasteiger partial charge in [-0.15, -0.1) is 11.3 Å². The molecule has 3 aromatic carbocycles. The molecule has 0 radical (unpaired) electrons. The number of carbonyl (C=O) groups excluding carboxylic acids is 1. The van der Waals surface area contributed by atoms with Gasteiger partial charge in [-0.3, -0.25) is 0 Å². The molecule has 5 rings (SSSR count). The largest absolute Gasteiger partial charge is 0.496 e. The molecule has 1 aromatic heterocycles. The van der Waals surface area contributed by atoms with E-state index in [0.29, 0.717) is 11.3 Å². The van der Waals surface area contributed by atoms with Gasteiger partial charge in [0.05, 0.1) is 18.2 Å². The molecule has 0 bridgehead atoms. The number of esters is 1. The maximum Gasteiger partial charge on any atom is 0.339 e. The van der Waals surface area contributed by atoms with Crippen LogP contribution in [0.15, 0.2) is 66.1 Å². The standard InChI is InChI=1S/C29H26FNO3S/c1-17-14-29(2,3)31-24-12-11-19(20-10-9-18(30)13-25(20)33-4)22(27(17)24)15-34-28(32)23-16-35-26-8-6-5-7-21(23)26/h5-14,16,31H,15H2,1-4H3. The number of anilines is 1. The number of carbonyl (C=O) groups is 1. The summed E-state index contributed by atoms with van der Waals surface area (Å²) in [5, 5.41) is 6.28. The van der Waals surface area contributed by atoms with Crippen molar-refractivity contribution in [2.24, 2.45) is 0 Å². The first-order chi connectivity index (χ1) is 16.8. The van der Waals surface area contributed by atoms with E-state index < -0.39 is 0 Å². The number of nitrogens with one attached hydrogen (secondary N) is 1. The number of hydrogen-bond donors (Lipinski definition) is 1. The van der Waals surface area contributed by atoms with Crippen LogP contribution in [0.2, 0.25) is 0 Å². The van der Waals surface area contributed by atoms with E-state index in [1.165, 1.54) is 30.6 Å². The Labute approximate surface area is 208 Å². The lowest BCUT2D eigenvalue weighted by molar-refractivity contribution is 0.0476. The van der Waals surface area contributed by atoms with Gasteiger partial charge >= 0.3 is 5.97 Å². The van der Waals surface area contributed by atoms with E-state index in [1.807, 2.05) is 41.8 Å². The Morgan fingerprint density at radius 2 is 1.86 bits per heavy atom. The fourth-order valence-electron chi connectivity index (χ4n) is 4.84. The molecule has 35 heavy (non-hydrogen) atoms. The highest BCUT2D eigenvalue weighted by atomic mass is 32.1. The van der Waals surface area contributed by atoms with Crippen LogP contribution < -0.4 is 10.1 Å². The lowest BCUT2D eigenvalue weighted by Crippen LogP contribution is -2.32. The molecule has 4 nitrogen and oxygen atoms in total. The quantitative estimate of drug-likeness (QED) is 0.293. The van der Waals surface area contributed by atoms with E-state index in [-0.39, 0.29) is 23.9 Å². The lowest BCUT2D eigenvalue weighted by Gasteiger charge is -2.33. The van der Waals surface area contributed by atoms with Crippen LogP contribution in [0.4, 0.5) is 10.1 Å². The van der Waals surface area contributed by atoms with Crippen molar-refractivity contribution in [1.29, 1.82) is 0 Å². The highest BCUT2D eigenvalue weighted by Crippen LogP contribution is 2.43. The maximum atomic E-state index is 13.9. The average Bonchev–Trinajstić information content (AvgIpc) is 3.26. The number of hydrogen-bond acceptors (Lipinski definition) is 5. The van der Waals surface area contributed by atoms with Gasteiger partial charge in [0.25, 0.3) is 0 Å². The van der Waals surface area contributed by atoms with E-state index in [2.05, 4.69) is 32.2 Å². The molecule has 0 spiro atoms. The Morgan fingerprint density at radius 3 is 2.66 bits per heavy atom. The zero-order valence-corrected chi connectivity index (χ0v) is 20.9. The number of methoxy groups -OCH3 is 1. The van der Waals surface area contributed by atoms with Crippen LogP contribution in [-0.2, 0) is 11.3 Å². The summed E-state index contributed by atoms with van der Waals surface area (Å²) in [5.74, 6) is -0.324. The van der Waals surface area contributed by atoms with Gasteiger partial charge in [-0.05, 0) is 56.2 Å². The van der Waals surface area contributed by atoms with Crippen LogP contribution >= 0.6 is 11.3 Å². The predicted molar refractivity (Wildman–Crippen MR) is 141 cm³/mol. The summed E-state index contributed by atoms with van der Waals surface area (Å²) in [4.78, 5) is 13.1. The van der Waals surface area contributed by atoms with Gasteiger partial charge in [-0.1, -0.05) is 30.3 Å². The summed E-state index contributed by atoms with van der Waals surface area (Å²) in [6.07, 6.45) is 2.17. The van der Waals surface area contributed by atoms with Crippen LogP contribution in [0, 0.1) is 5.82 Å². The number of ether oxygens (including phenoxy) is 2. The lowest BCUT2D eigenvalue weighted by atomic mass is 9.85. The molecule has 0 unspecified atom stereocenters. The van der Waals surface area contributed by atoms with Crippen molar-refractivity contribution in [3.05, 3.63) is 88.6 Å². The molecular weight excluding hydrogens is 461 g/mol. The Balaban J connectivity index is 1.60. The van der Waals surface area contributed by atoms with Crippen LogP contribution in [0.3, 0.4) is 0 Å². The molecule has 0 amide bonds. The predicted octanol–water partition coefficient (Wildman–Crippen LogP) is 7.68. The Bertz CT molecular complexity index is 1480. The normalized spacial score (nSPS) is 14.1. The van der Waals surface area contributed by atoms with Gasteiger partial charge in [0.2, 0.25) is 0 Å². The fraction of sp³-hybridized carbons (Fsp3) is 0.207. The second kappa shape index (κ2) is 8.86. The topological polar surface area (TPSA) is 47.6 Å². The zero-order chi connectivity index (χ0) is 24.7. The monoisotopic (exact) mass is 487 g/mol. The first-order valence-electron chi connectivity index (χ1n) is 11.4. The van der Waals surface area contributed by atoms with Gasteiger partial charge in [0.1, 0.15) is 18.2 Å². The SMILES string of the molecule is COc1cc(F)ccc1-c1ccc2c(c1COC(=O)c1csc3ccccc13)C(C)=CC(C)(C)N2. The van der Waals surface area contributed by atoms with Crippen molar-refractivity contribution in [3.8, 4) is 16.9 Å². The number of halogens is 1. The molecule has 1 aliphatic heterocycles. The molecule has 6 heteroatoms. The van der Waals surface area contributed by atoms with E-state index in [9.17, 15) is 9.18 Å². The molecule has 1 aliphatic rings. The van der Waals surface area contributed by atoms with Gasteiger partial charge in [-0.2, -0.15) is 0 Å². The first kappa shape index (κ1) is 23.1. The molecule has 0 fully saturated rings. The van der Waals surface area contributed by atoms with Crippen LogP contribution in [0.25, 0.3) is 26.8 Å². The Kier molecular flexibility index (Phi) is 5.85. The number of allylic oxidation sites excluding steroid dienone is 1. The minimum Gasteiger partial charge on any atom is -0.496 e. The van der Waals surface area contributed by atoms with Gasteiger partial charge in [-0.25, -0.2) is 9.18 Å². The molecule has 4 aromatic rings. The van der Waals surface area contributed by atoms with Gasteiger partial charge in [0, 0.05) is 43.9 Å². The third-order valence-corrected chi connectivity index (χ3v) is 7.21. The third-order valence-electron chi connectivity index (χ3n) is 6.24. The van der Waals surface area contributed by atoms with Crippen LogP contribution in [0.1, 0.15) is 42.3 Å². The number of fused-ring (bicyclic) bond motifs is 2. The van der Waals surface area contributed by atoms with Crippen LogP contribution in [-0.4, -0.2) is 18.6 Å². The summed E-state index contributed by atoms with van der Waals surface area (Å²) in [7, 11) is 1.52. The minimum absolute atomic E-state index is 0.0648. The zero-order valence-electron chi connectivity index (χ0n) is 20.1. The van der Waals surface area contributed by atoms with Gasteiger partial charge < -0.3 is 14.8 Å². The summed E-state index contributed by atoms with van der Waals surface area (Å²) < 4.78 is 26.4. The summed E-state index contributed by atoms with van der Waals surface area (Å²) >= 11 is 1.52. The molecule has 178 valence electrons. The van der Waals surface area contributed by atoms with E-state index in [4.69, 9.17) is 9.47 Å². The second-order valence-electron chi connectivity index (χ2n) is 9.25. The molecule has 0 atom stereocenters. The smallest absolute Gasteiger partial charge is 0.339 e. The van der Waals surface area contributed by atoms with Gasteiger partial charge in [0.15, 0.2) is 0 Å². The van der Waals surface area contributed by atoms with Crippen molar-refractivity contribution < 1.29 is 18.7 Å². The molecule has 2 heterocycles. The fourth-order valence-corrected chi connectivity index (χ4v) is 5.77. The summed E-state index contributed by atoms with van der Waals surface area (Å²) in [6.45, 7) is 6.34. The highest BCUT2D eigenvalue weighted by molar-refractivity contribution is 7.17. The van der Waals surface area contributed by atoms with Crippen molar-refractivity contribution in [1.82, 2.24) is 0 Å². The van der Waals surface area contributed by atoms with Crippen molar-refractivity contribution in [2.45, 2.75) is 32.9 Å². The number of thiophene rings is 1. The molecule has 1 N–H and O–H groups in total. The Hall–Kier alpha value is -3.64. The highest BCUT2D eigenvalue weighted by Gasteiger charge is 2.27. The second-order valence-corrected chi connectivity index (χ2v) is 10.2. The minimum atomic E-state index is -0.375. The van der Waals surface area contributed by atoms with Crippen LogP contribution in [0.5, 0.6) is 5.75 Å². The molecular formula is C29H26FNO3S. The summed E-state index contributed by atoms with van der Waals surface area (Å²) in [6, 6.07) is 16.3. The summed E-state index contributed by atoms with van der Waals surface area (Å²) in [5.41, 5.74) is 5.79. The van der Waals surface area contributed by atoms with E-state index >= 15 is 0 Å². The van der Waals surface area contributed by atoms with Crippen molar-refractivity contribution >= 4 is 38.7 Å². The number of benzene rings is 3. The molecule has 0 saturated carbocycles. The third kappa shape index (κ3) is 4.30. The maximum absolute atomic E-state index is 13.9. The average molecular weight is 488 g/mol. The Morgan fingerprint density at radius 1 is 1.09 bits per heavy atom. The van der Waals surface area contributed by atoms with Crippen molar-refractivity contribution in [3.63, 3.8) is 0 Å². The van der Waals surface area contributed by atoms with E-state index in [0.717, 1.165) is 43.6 Å². The van der Waals surface area contributed by atoms with E-state index in [1.54, 1.807) is 6.07 Å². The number of rotatable bonds is 5. The van der Waals surface area contributed by atoms with Crippen molar-refractivity contribution in [2.75, 3.05) is 12.4 Å². The molecule has 0 saturated heterocycles.